The average molecular weight is 271 g/mol. The normalized spacial score (nSPS) is 13.1. The maximum Gasteiger partial charge on any atom is 0.118 e. The van der Waals surface area contributed by atoms with Gasteiger partial charge in [0, 0.05) is 16.6 Å². The smallest absolute Gasteiger partial charge is 0.118 e. The highest BCUT2D eigenvalue weighted by atomic mass is 32.2. The molecule has 0 aromatic carbocycles. The zero-order valence-corrected chi connectivity index (χ0v) is 12.5. The van der Waals surface area contributed by atoms with Crippen molar-refractivity contribution in [1.82, 2.24) is 5.32 Å². The van der Waals surface area contributed by atoms with Crippen LogP contribution in [0.1, 0.15) is 45.1 Å². The molecule has 0 aliphatic carbocycles. The molecule has 0 aliphatic heterocycles. The summed E-state index contributed by atoms with van der Waals surface area (Å²) in [6.45, 7) is 8.20. The fourth-order valence-electron chi connectivity index (χ4n) is 1.58. The SMILES string of the molecule is CCCNCc1ccc(CS(=O)CCC(C)C)o1. The van der Waals surface area contributed by atoms with E-state index in [1.54, 1.807) is 0 Å². The molecule has 0 aliphatic rings. The Balaban J connectivity index is 2.32. The van der Waals surface area contributed by atoms with Crippen LogP contribution < -0.4 is 5.32 Å². The van der Waals surface area contributed by atoms with E-state index in [1.165, 1.54) is 0 Å². The molecule has 1 atom stereocenters. The monoisotopic (exact) mass is 271 g/mol. The number of nitrogens with one attached hydrogen (secondary N) is 1. The second-order valence-electron chi connectivity index (χ2n) is 5.02. The Bertz CT molecular complexity index is 360. The minimum absolute atomic E-state index is 0.542. The molecule has 0 saturated heterocycles. The van der Waals surface area contributed by atoms with Gasteiger partial charge in [0.2, 0.25) is 0 Å². The van der Waals surface area contributed by atoms with Crippen molar-refractivity contribution in [1.29, 1.82) is 0 Å². The summed E-state index contributed by atoms with van der Waals surface area (Å²) >= 11 is 0. The molecule has 0 saturated carbocycles. The molecule has 0 fully saturated rings. The largest absolute Gasteiger partial charge is 0.464 e. The lowest BCUT2D eigenvalue weighted by Gasteiger charge is -2.03. The van der Waals surface area contributed by atoms with Crippen LogP contribution in [0, 0.1) is 5.92 Å². The van der Waals surface area contributed by atoms with Gasteiger partial charge in [0.1, 0.15) is 11.5 Å². The predicted octanol–water partition coefficient (Wildman–Crippen LogP) is 3.07. The first-order valence-corrected chi connectivity index (χ1v) is 8.24. The van der Waals surface area contributed by atoms with Crippen LogP contribution in [0.4, 0.5) is 0 Å². The topological polar surface area (TPSA) is 42.2 Å². The van der Waals surface area contributed by atoms with Gasteiger partial charge in [-0.25, -0.2) is 0 Å². The molecule has 1 heterocycles. The lowest BCUT2D eigenvalue weighted by Crippen LogP contribution is -2.13. The highest BCUT2D eigenvalue weighted by molar-refractivity contribution is 7.84. The molecule has 3 nitrogen and oxygen atoms in total. The van der Waals surface area contributed by atoms with E-state index in [1.807, 2.05) is 12.1 Å². The molecule has 0 spiro atoms. The molecule has 1 unspecified atom stereocenters. The Hall–Kier alpha value is -0.610. The maximum absolute atomic E-state index is 11.8. The van der Waals surface area contributed by atoms with Crippen LogP contribution in [0.2, 0.25) is 0 Å². The lowest BCUT2D eigenvalue weighted by molar-refractivity contribution is 0.458. The van der Waals surface area contributed by atoms with Crippen LogP contribution in [-0.4, -0.2) is 16.5 Å². The Morgan fingerprint density at radius 1 is 1.33 bits per heavy atom. The van der Waals surface area contributed by atoms with Gasteiger partial charge >= 0.3 is 0 Å². The Morgan fingerprint density at radius 3 is 2.72 bits per heavy atom. The molecule has 1 N–H and O–H groups in total. The van der Waals surface area contributed by atoms with E-state index >= 15 is 0 Å². The molecular formula is C14H25NO2S. The first-order chi connectivity index (χ1) is 8.61. The van der Waals surface area contributed by atoms with Crippen LogP contribution in [0.3, 0.4) is 0 Å². The Labute approximate surface area is 113 Å². The highest BCUT2D eigenvalue weighted by Crippen LogP contribution is 2.11. The number of hydrogen-bond donors (Lipinski definition) is 1. The van der Waals surface area contributed by atoms with Gasteiger partial charge in [-0.1, -0.05) is 20.8 Å². The second kappa shape index (κ2) is 8.48. The number of hydrogen-bond acceptors (Lipinski definition) is 3. The molecule has 0 amide bonds. The van der Waals surface area contributed by atoms with Crippen molar-refractivity contribution < 1.29 is 8.63 Å². The third kappa shape index (κ3) is 6.36. The Kier molecular flexibility index (Phi) is 7.28. The van der Waals surface area contributed by atoms with Crippen molar-refractivity contribution in [3.8, 4) is 0 Å². The van der Waals surface area contributed by atoms with Crippen LogP contribution in [-0.2, 0) is 23.1 Å². The van der Waals surface area contributed by atoms with Gasteiger partial charge < -0.3 is 9.73 Å². The summed E-state index contributed by atoms with van der Waals surface area (Å²) < 4.78 is 17.5. The van der Waals surface area contributed by atoms with E-state index in [-0.39, 0.29) is 0 Å². The Morgan fingerprint density at radius 2 is 2.06 bits per heavy atom. The van der Waals surface area contributed by atoms with Crippen LogP contribution >= 0.6 is 0 Å². The van der Waals surface area contributed by atoms with Crippen molar-refractivity contribution in [2.24, 2.45) is 5.92 Å². The van der Waals surface area contributed by atoms with Crippen molar-refractivity contribution in [2.45, 2.75) is 45.9 Å². The summed E-state index contributed by atoms with van der Waals surface area (Å²) in [6.07, 6.45) is 2.13. The summed E-state index contributed by atoms with van der Waals surface area (Å²) in [4.78, 5) is 0. The minimum Gasteiger partial charge on any atom is -0.464 e. The highest BCUT2D eigenvalue weighted by Gasteiger charge is 2.07. The summed E-state index contributed by atoms with van der Waals surface area (Å²) in [6, 6.07) is 3.91. The number of rotatable bonds is 9. The van der Waals surface area contributed by atoms with Gasteiger partial charge in [-0.05, 0) is 37.4 Å². The van der Waals surface area contributed by atoms with E-state index in [2.05, 4.69) is 26.1 Å². The third-order valence-electron chi connectivity index (χ3n) is 2.67. The minimum atomic E-state index is -0.800. The fraction of sp³-hybridized carbons (Fsp3) is 0.714. The molecule has 104 valence electrons. The maximum atomic E-state index is 11.8. The summed E-state index contributed by atoms with van der Waals surface area (Å²) in [5.74, 6) is 3.69. The quantitative estimate of drug-likeness (QED) is 0.702. The zero-order chi connectivity index (χ0) is 13.4. The molecule has 1 aromatic heterocycles. The van der Waals surface area contributed by atoms with E-state index < -0.39 is 10.8 Å². The fourth-order valence-corrected chi connectivity index (χ4v) is 2.93. The molecule has 4 heteroatoms. The van der Waals surface area contributed by atoms with E-state index in [9.17, 15) is 4.21 Å². The third-order valence-corrected chi connectivity index (χ3v) is 3.97. The van der Waals surface area contributed by atoms with Crippen LogP contribution in [0.5, 0.6) is 0 Å². The van der Waals surface area contributed by atoms with E-state index in [4.69, 9.17) is 4.42 Å². The van der Waals surface area contributed by atoms with E-state index in [0.29, 0.717) is 11.7 Å². The van der Waals surface area contributed by atoms with Gasteiger partial charge in [-0.2, -0.15) is 0 Å². The molecule has 18 heavy (non-hydrogen) atoms. The standard InChI is InChI=1S/C14H25NO2S/c1-4-8-15-10-13-5-6-14(17-13)11-18(16)9-7-12(2)3/h5-6,12,15H,4,7-11H2,1-3H3. The van der Waals surface area contributed by atoms with E-state index in [0.717, 1.165) is 43.2 Å². The van der Waals surface area contributed by atoms with Gasteiger partial charge in [-0.15, -0.1) is 0 Å². The first-order valence-electron chi connectivity index (χ1n) is 6.75. The number of furan rings is 1. The van der Waals surface area contributed by atoms with Crippen molar-refractivity contribution in [3.05, 3.63) is 23.7 Å². The van der Waals surface area contributed by atoms with Gasteiger partial charge in [0.15, 0.2) is 0 Å². The van der Waals surface area contributed by atoms with Crippen molar-refractivity contribution in [2.75, 3.05) is 12.3 Å². The van der Waals surface area contributed by atoms with Gasteiger partial charge in [-0.3, -0.25) is 4.21 Å². The lowest BCUT2D eigenvalue weighted by atomic mass is 10.2. The van der Waals surface area contributed by atoms with Crippen molar-refractivity contribution >= 4 is 10.8 Å². The predicted molar refractivity (Wildman–Crippen MR) is 76.9 cm³/mol. The first kappa shape index (κ1) is 15.4. The molecular weight excluding hydrogens is 246 g/mol. The van der Waals surface area contributed by atoms with Crippen molar-refractivity contribution in [3.63, 3.8) is 0 Å². The molecule has 1 aromatic rings. The summed E-state index contributed by atoms with van der Waals surface area (Å²) in [7, 11) is -0.800. The molecule has 0 radical (unpaired) electrons. The van der Waals surface area contributed by atoms with Crippen LogP contribution in [0.15, 0.2) is 16.5 Å². The summed E-state index contributed by atoms with van der Waals surface area (Å²) in [5.41, 5.74) is 0. The molecule has 1 rings (SSSR count). The average Bonchev–Trinajstić information content (AvgIpc) is 2.74. The van der Waals surface area contributed by atoms with Crippen LogP contribution in [0.25, 0.3) is 0 Å². The van der Waals surface area contributed by atoms with Gasteiger partial charge in [0.05, 0.1) is 12.3 Å². The second-order valence-corrected chi connectivity index (χ2v) is 6.59. The molecule has 0 bridgehead atoms. The summed E-state index contributed by atoms with van der Waals surface area (Å²) in [5, 5.41) is 3.29. The zero-order valence-electron chi connectivity index (χ0n) is 11.7. The van der Waals surface area contributed by atoms with Gasteiger partial charge in [0.25, 0.3) is 0 Å².